The Hall–Kier alpha value is -2.56. The molecule has 140 valence electrons. The van der Waals surface area contributed by atoms with Crippen molar-refractivity contribution in [3.63, 3.8) is 0 Å². The van der Waals surface area contributed by atoms with Crippen LogP contribution in [0.1, 0.15) is 72.4 Å². The summed E-state index contributed by atoms with van der Waals surface area (Å²) in [7, 11) is 0. The minimum atomic E-state index is 0.141. The molecule has 1 atom stereocenters. The Kier molecular flexibility index (Phi) is 3.85. The largest absolute Gasteiger partial charge is 0.358 e. The number of aromatic amines is 1. The predicted molar refractivity (Wildman–Crippen MR) is 106 cm³/mol. The molecule has 5 rings (SSSR count). The van der Waals surface area contributed by atoms with Crippen molar-refractivity contribution in [2.75, 3.05) is 6.54 Å². The van der Waals surface area contributed by atoms with E-state index in [1.54, 1.807) is 0 Å². The van der Waals surface area contributed by atoms with Crippen LogP contribution in [0.5, 0.6) is 0 Å². The number of H-pyrrole nitrogens is 1. The second kappa shape index (κ2) is 6.25. The number of rotatable bonds is 4. The van der Waals surface area contributed by atoms with Crippen LogP contribution in [0, 0.1) is 0 Å². The number of amides is 1. The number of hydrogen-bond acceptors (Lipinski definition) is 2. The second-order valence-corrected chi connectivity index (χ2v) is 8.02. The quantitative estimate of drug-likeness (QED) is 0.747. The molecule has 1 N–H and O–H groups in total. The standard InChI is InChI=1S/C22H26N4O/c1-3-14(2)26-21(15-8-9-15)17(12-23-26)22(27)25-11-10-20-18(13-25)16-6-4-5-7-19(16)24-20/h4-7,12,14-15,24H,3,8-11,13H2,1-2H3. The molecule has 2 aliphatic rings. The van der Waals surface area contributed by atoms with Gasteiger partial charge in [-0.1, -0.05) is 25.1 Å². The molecule has 1 saturated carbocycles. The monoisotopic (exact) mass is 362 g/mol. The van der Waals surface area contributed by atoms with E-state index in [1.165, 1.54) is 40.7 Å². The van der Waals surface area contributed by atoms with E-state index in [-0.39, 0.29) is 5.91 Å². The average Bonchev–Trinajstić information content (AvgIpc) is 3.33. The smallest absolute Gasteiger partial charge is 0.257 e. The number of carbonyl (C=O) groups is 1. The molecule has 2 aromatic heterocycles. The van der Waals surface area contributed by atoms with Crippen molar-refractivity contribution in [3.05, 3.63) is 53.0 Å². The Morgan fingerprint density at radius 1 is 1.33 bits per heavy atom. The van der Waals surface area contributed by atoms with E-state index in [2.05, 4.69) is 52.9 Å². The Labute approximate surface area is 159 Å². The van der Waals surface area contributed by atoms with Gasteiger partial charge in [0.25, 0.3) is 5.91 Å². The number of carbonyl (C=O) groups excluding carboxylic acids is 1. The number of nitrogens with zero attached hydrogens (tertiary/aromatic N) is 3. The van der Waals surface area contributed by atoms with E-state index >= 15 is 0 Å². The number of benzene rings is 1. The van der Waals surface area contributed by atoms with Gasteiger partial charge in [0.05, 0.1) is 17.5 Å². The van der Waals surface area contributed by atoms with E-state index in [9.17, 15) is 4.79 Å². The zero-order valence-electron chi connectivity index (χ0n) is 16.0. The molecule has 1 amide bonds. The lowest BCUT2D eigenvalue weighted by atomic mass is 10.0. The molecule has 1 aliphatic heterocycles. The van der Waals surface area contributed by atoms with Gasteiger partial charge in [-0.2, -0.15) is 5.10 Å². The average molecular weight is 362 g/mol. The summed E-state index contributed by atoms with van der Waals surface area (Å²) in [4.78, 5) is 18.9. The fourth-order valence-corrected chi connectivity index (χ4v) is 4.33. The lowest BCUT2D eigenvalue weighted by Crippen LogP contribution is -2.36. The summed E-state index contributed by atoms with van der Waals surface area (Å²) in [6, 6.07) is 8.72. The molecule has 1 aliphatic carbocycles. The molecule has 0 saturated heterocycles. The van der Waals surface area contributed by atoms with Crippen LogP contribution in [0.25, 0.3) is 10.9 Å². The third-order valence-electron chi connectivity index (χ3n) is 6.21. The second-order valence-electron chi connectivity index (χ2n) is 8.02. The maximum atomic E-state index is 13.4. The molecule has 1 aromatic carbocycles. The lowest BCUT2D eigenvalue weighted by Gasteiger charge is -2.27. The fraction of sp³-hybridized carbons (Fsp3) is 0.455. The highest BCUT2D eigenvalue weighted by Gasteiger charge is 2.35. The van der Waals surface area contributed by atoms with Crippen molar-refractivity contribution in [3.8, 4) is 0 Å². The maximum absolute atomic E-state index is 13.4. The van der Waals surface area contributed by atoms with Crippen LogP contribution in [0.3, 0.4) is 0 Å². The highest BCUT2D eigenvalue weighted by molar-refractivity contribution is 5.96. The van der Waals surface area contributed by atoms with Crippen LogP contribution in [0.2, 0.25) is 0 Å². The first-order valence-electron chi connectivity index (χ1n) is 10.1. The summed E-state index contributed by atoms with van der Waals surface area (Å²) in [5, 5.41) is 5.85. The zero-order chi connectivity index (χ0) is 18.5. The molecular formula is C22H26N4O. The number of nitrogens with one attached hydrogen (secondary N) is 1. The first-order valence-corrected chi connectivity index (χ1v) is 10.1. The van der Waals surface area contributed by atoms with Crippen molar-refractivity contribution in [1.29, 1.82) is 0 Å². The van der Waals surface area contributed by atoms with Gasteiger partial charge in [-0.15, -0.1) is 0 Å². The van der Waals surface area contributed by atoms with Gasteiger partial charge < -0.3 is 9.88 Å². The van der Waals surface area contributed by atoms with Crippen molar-refractivity contribution < 1.29 is 4.79 Å². The van der Waals surface area contributed by atoms with Crippen LogP contribution < -0.4 is 0 Å². The van der Waals surface area contributed by atoms with E-state index in [1.807, 2.05) is 11.1 Å². The normalized spacial score (nSPS) is 17.9. The third kappa shape index (κ3) is 2.68. The molecule has 1 unspecified atom stereocenters. The first-order chi connectivity index (χ1) is 13.2. The van der Waals surface area contributed by atoms with Gasteiger partial charge >= 0.3 is 0 Å². The van der Waals surface area contributed by atoms with Gasteiger partial charge in [0.15, 0.2) is 0 Å². The van der Waals surface area contributed by atoms with Gasteiger partial charge in [-0.05, 0) is 32.3 Å². The zero-order valence-corrected chi connectivity index (χ0v) is 16.0. The number of para-hydroxylation sites is 1. The van der Waals surface area contributed by atoms with E-state index in [0.29, 0.717) is 18.5 Å². The van der Waals surface area contributed by atoms with Crippen LogP contribution in [-0.4, -0.2) is 32.1 Å². The summed E-state index contributed by atoms with van der Waals surface area (Å²) in [5.74, 6) is 0.649. The summed E-state index contributed by atoms with van der Waals surface area (Å²) >= 11 is 0. The van der Waals surface area contributed by atoms with Crippen molar-refractivity contribution >= 4 is 16.8 Å². The maximum Gasteiger partial charge on any atom is 0.257 e. The molecule has 27 heavy (non-hydrogen) atoms. The SMILES string of the molecule is CCC(C)n1ncc(C(=O)N2CCc3[nH]c4ccccc4c3C2)c1C1CC1. The Morgan fingerprint density at radius 2 is 2.15 bits per heavy atom. The van der Waals surface area contributed by atoms with Gasteiger partial charge in [-0.3, -0.25) is 9.48 Å². The molecule has 1 fully saturated rings. The topological polar surface area (TPSA) is 53.9 Å². The van der Waals surface area contributed by atoms with Gasteiger partial charge in [-0.25, -0.2) is 0 Å². The van der Waals surface area contributed by atoms with Gasteiger partial charge in [0.2, 0.25) is 0 Å². The molecule has 5 heteroatoms. The highest BCUT2D eigenvalue weighted by atomic mass is 16.2. The molecule has 0 bridgehead atoms. The van der Waals surface area contributed by atoms with Crippen molar-refractivity contribution in [1.82, 2.24) is 19.7 Å². The van der Waals surface area contributed by atoms with E-state index in [4.69, 9.17) is 0 Å². The number of fused-ring (bicyclic) bond motifs is 3. The van der Waals surface area contributed by atoms with Crippen LogP contribution in [-0.2, 0) is 13.0 Å². The minimum Gasteiger partial charge on any atom is -0.358 e. The van der Waals surface area contributed by atoms with Crippen LogP contribution >= 0.6 is 0 Å². The van der Waals surface area contributed by atoms with Crippen molar-refractivity contribution in [2.45, 2.75) is 58.0 Å². The molecule has 3 aromatic rings. The molecule has 0 radical (unpaired) electrons. The number of aromatic nitrogens is 3. The summed E-state index contributed by atoms with van der Waals surface area (Å²) in [5.41, 5.74) is 5.70. The first kappa shape index (κ1) is 16.6. The minimum absolute atomic E-state index is 0.141. The van der Waals surface area contributed by atoms with E-state index < -0.39 is 0 Å². The number of hydrogen-bond donors (Lipinski definition) is 1. The lowest BCUT2D eigenvalue weighted by molar-refractivity contribution is 0.0733. The molecule has 3 heterocycles. The van der Waals surface area contributed by atoms with Gasteiger partial charge in [0.1, 0.15) is 0 Å². The van der Waals surface area contributed by atoms with Crippen LogP contribution in [0.4, 0.5) is 0 Å². The van der Waals surface area contributed by atoms with Crippen LogP contribution in [0.15, 0.2) is 30.5 Å². The Morgan fingerprint density at radius 3 is 2.93 bits per heavy atom. The molecular weight excluding hydrogens is 336 g/mol. The third-order valence-corrected chi connectivity index (χ3v) is 6.21. The van der Waals surface area contributed by atoms with E-state index in [0.717, 1.165) is 24.9 Å². The molecule has 5 nitrogen and oxygen atoms in total. The Balaban J connectivity index is 1.48. The Bertz CT molecular complexity index is 1010. The van der Waals surface area contributed by atoms with Crippen molar-refractivity contribution in [2.24, 2.45) is 0 Å². The highest BCUT2D eigenvalue weighted by Crippen LogP contribution is 2.43. The summed E-state index contributed by atoms with van der Waals surface area (Å²) < 4.78 is 2.10. The van der Waals surface area contributed by atoms with Gasteiger partial charge in [0, 0.05) is 53.6 Å². The summed E-state index contributed by atoms with van der Waals surface area (Å²) in [6.45, 7) is 5.80. The predicted octanol–water partition coefficient (Wildman–Crippen LogP) is 4.41. The summed E-state index contributed by atoms with van der Waals surface area (Å²) in [6.07, 6.45) is 6.07. The molecule has 0 spiro atoms. The fourth-order valence-electron chi connectivity index (χ4n) is 4.33.